The molecule has 0 bridgehead atoms. The lowest BCUT2D eigenvalue weighted by Gasteiger charge is -2.43. The predicted molar refractivity (Wildman–Crippen MR) is 54.3 cm³/mol. The van der Waals surface area contributed by atoms with Crippen LogP contribution in [0.2, 0.25) is 0 Å². The first-order valence-corrected chi connectivity index (χ1v) is 5.31. The van der Waals surface area contributed by atoms with Gasteiger partial charge in [0.25, 0.3) is 0 Å². The average Bonchev–Trinajstić information content (AvgIpc) is 2.38. The molecular weight excluding hydrogens is 272 g/mol. The Labute approximate surface area is 106 Å². The number of aliphatic hydroxyl groups is 4. The standard InChI is InChI=1S/C9H15F2NO7/c10-7-5(16)3(12)6(4(15)2(14)1-13)19-9(7,11)8(17)18/h2-7,13-16H,1,12H2,(H,17,18)/t2-,3-,4-,5?,6?,7+,9-/m1/s1. The first-order chi connectivity index (χ1) is 8.66. The summed E-state index contributed by atoms with van der Waals surface area (Å²) < 4.78 is 31.5. The first-order valence-electron chi connectivity index (χ1n) is 5.31. The summed E-state index contributed by atoms with van der Waals surface area (Å²) in [6, 6.07) is -1.69. The van der Waals surface area contributed by atoms with Gasteiger partial charge in [-0.1, -0.05) is 0 Å². The fourth-order valence-electron chi connectivity index (χ4n) is 1.74. The highest BCUT2D eigenvalue weighted by atomic mass is 19.2. The largest absolute Gasteiger partial charge is 0.477 e. The molecule has 1 rings (SSSR count). The zero-order chi connectivity index (χ0) is 15.0. The summed E-state index contributed by atoms with van der Waals surface area (Å²) >= 11 is 0. The third-order valence-corrected chi connectivity index (χ3v) is 2.95. The van der Waals surface area contributed by atoms with E-state index in [-0.39, 0.29) is 0 Å². The molecule has 8 nitrogen and oxygen atoms in total. The maximum Gasteiger partial charge on any atom is 0.372 e. The fraction of sp³-hybridized carbons (Fsp3) is 0.889. The average molecular weight is 287 g/mol. The molecule has 1 aliphatic heterocycles. The van der Waals surface area contributed by atoms with Crippen LogP contribution >= 0.6 is 0 Å². The highest BCUT2D eigenvalue weighted by Gasteiger charge is 2.61. The van der Waals surface area contributed by atoms with Crippen molar-refractivity contribution in [1.82, 2.24) is 0 Å². The van der Waals surface area contributed by atoms with Crippen molar-refractivity contribution in [3.05, 3.63) is 0 Å². The normalized spacial score (nSPS) is 42.7. The Kier molecular flexibility index (Phi) is 4.76. The van der Waals surface area contributed by atoms with Gasteiger partial charge in [-0.3, -0.25) is 0 Å². The number of ether oxygens (including phenoxy) is 1. The van der Waals surface area contributed by atoms with Crippen LogP contribution in [-0.4, -0.2) is 80.6 Å². The number of carboxylic acids is 1. The van der Waals surface area contributed by atoms with Crippen LogP contribution in [0.5, 0.6) is 0 Å². The van der Waals surface area contributed by atoms with E-state index in [9.17, 15) is 28.9 Å². The van der Waals surface area contributed by atoms with Crippen LogP contribution in [-0.2, 0) is 9.53 Å². The van der Waals surface area contributed by atoms with Crippen molar-refractivity contribution in [2.45, 2.75) is 42.5 Å². The maximum absolute atomic E-state index is 13.8. The lowest BCUT2D eigenvalue weighted by molar-refractivity contribution is -0.290. The Balaban J connectivity index is 3.04. The summed E-state index contributed by atoms with van der Waals surface area (Å²) in [7, 11) is 0. The number of halogens is 2. The van der Waals surface area contributed by atoms with Crippen molar-refractivity contribution in [3.8, 4) is 0 Å². The van der Waals surface area contributed by atoms with E-state index in [2.05, 4.69) is 4.74 Å². The van der Waals surface area contributed by atoms with Crippen LogP contribution in [0.25, 0.3) is 0 Å². The van der Waals surface area contributed by atoms with Gasteiger partial charge in [-0.2, -0.15) is 4.39 Å². The number of aliphatic hydroxyl groups excluding tert-OH is 4. The molecular formula is C9H15F2NO7. The number of nitrogens with two attached hydrogens (primary N) is 1. The zero-order valence-electron chi connectivity index (χ0n) is 9.56. The number of carbonyl (C=O) groups is 1. The molecule has 1 fully saturated rings. The number of alkyl halides is 2. The molecule has 0 saturated carbocycles. The Bertz CT molecular complexity index is 343. The Morgan fingerprint density at radius 1 is 1.47 bits per heavy atom. The van der Waals surface area contributed by atoms with Crippen LogP contribution in [0, 0.1) is 0 Å². The molecule has 7 atom stereocenters. The molecule has 0 spiro atoms. The van der Waals surface area contributed by atoms with Crippen molar-refractivity contribution < 1.29 is 43.8 Å². The Hall–Kier alpha value is -0.910. The Morgan fingerprint density at radius 3 is 2.42 bits per heavy atom. The molecule has 112 valence electrons. The lowest BCUT2D eigenvalue weighted by atomic mass is 9.89. The summed E-state index contributed by atoms with van der Waals surface area (Å²) in [5.74, 6) is -6.25. The molecule has 7 N–H and O–H groups in total. The van der Waals surface area contributed by atoms with Crippen molar-refractivity contribution >= 4 is 5.97 Å². The van der Waals surface area contributed by atoms with E-state index in [0.29, 0.717) is 0 Å². The second-order valence-corrected chi connectivity index (χ2v) is 4.24. The van der Waals surface area contributed by atoms with Gasteiger partial charge in [-0.15, -0.1) is 0 Å². The number of aliphatic carboxylic acids is 1. The van der Waals surface area contributed by atoms with Crippen LogP contribution in [0.4, 0.5) is 8.78 Å². The fourth-order valence-corrected chi connectivity index (χ4v) is 1.74. The molecule has 0 radical (unpaired) electrons. The van der Waals surface area contributed by atoms with Crippen LogP contribution in [0.1, 0.15) is 0 Å². The molecule has 2 unspecified atom stereocenters. The summed E-state index contributed by atoms with van der Waals surface area (Å²) in [5, 5.41) is 45.3. The molecule has 0 aliphatic carbocycles. The third kappa shape index (κ3) is 2.68. The highest BCUT2D eigenvalue weighted by molar-refractivity contribution is 5.76. The quantitative estimate of drug-likeness (QED) is 0.317. The van der Waals surface area contributed by atoms with E-state index in [1.165, 1.54) is 0 Å². The highest BCUT2D eigenvalue weighted by Crippen LogP contribution is 2.34. The van der Waals surface area contributed by atoms with E-state index in [1.807, 2.05) is 0 Å². The van der Waals surface area contributed by atoms with E-state index < -0.39 is 55.1 Å². The SMILES string of the molecule is N[C@H]1C([C@H](O)[C@H](O)CO)O[C@@](F)(C(=O)O)[C@@H](F)C1O. The molecule has 0 aromatic carbocycles. The van der Waals surface area contributed by atoms with Gasteiger partial charge in [-0.25, -0.2) is 9.18 Å². The molecule has 0 amide bonds. The second-order valence-electron chi connectivity index (χ2n) is 4.24. The molecule has 0 aromatic heterocycles. The van der Waals surface area contributed by atoms with Crippen molar-refractivity contribution in [2.75, 3.05) is 6.61 Å². The van der Waals surface area contributed by atoms with Gasteiger partial charge in [-0.05, 0) is 0 Å². The first kappa shape index (κ1) is 16.1. The minimum Gasteiger partial charge on any atom is -0.477 e. The molecule has 1 saturated heterocycles. The number of hydrogen-bond donors (Lipinski definition) is 6. The van der Waals surface area contributed by atoms with Crippen molar-refractivity contribution in [1.29, 1.82) is 0 Å². The molecule has 0 aromatic rings. The van der Waals surface area contributed by atoms with Crippen LogP contribution < -0.4 is 5.73 Å². The molecule has 10 heteroatoms. The van der Waals surface area contributed by atoms with Gasteiger partial charge in [0.1, 0.15) is 24.4 Å². The van der Waals surface area contributed by atoms with E-state index in [1.54, 1.807) is 0 Å². The molecule has 19 heavy (non-hydrogen) atoms. The van der Waals surface area contributed by atoms with Crippen molar-refractivity contribution in [2.24, 2.45) is 5.73 Å². The number of hydrogen-bond acceptors (Lipinski definition) is 7. The maximum atomic E-state index is 13.8. The van der Waals surface area contributed by atoms with Crippen LogP contribution in [0.15, 0.2) is 0 Å². The predicted octanol–water partition coefficient (Wildman–Crippen LogP) is -3.12. The summed E-state index contributed by atoms with van der Waals surface area (Å²) in [6.45, 7) is -0.949. The topological polar surface area (TPSA) is 153 Å². The van der Waals surface area contributed by atoms with Crippen LogP contribution in [0.3, 0.4) is 0 Å². The van der Waals surface area contributed by atoms with E-state index in [4.69, 9.17) is 15.9 Å². The van der Waals surface area contributed by atoms with E-state index in [0.717, 1.165) is 0 Å². The third-order valence-electron chi connectivity index (χ3n) is 2.95. The van der Waals surface area contributed by atoms with E-state index >= 15 is 0 Å². The van der Waals surface area contributed by atoms with Gasteiger partial charge in [0, 0.05) is 0 Å². The van der Waals surface area contributed by atoms with Gasteiger partial charge in [0.05, 0.1) is 12.6 Å². The van der Waals surface area contributed by atoms with Gasteiger partial charge >= 0.3 is 11.8 Å². The molecule has 1 aliphatic rings. The summed E-state index contributed by atoms with van der Waals surface area (Å²) in [5.41, 5.74) is 5.30. The zero-order valence-corrected chi connectivity index (χ0v) is 9.56. The lowest BCUT2D eigenvalue weighted by Crippen LogP contribution is -2.69. The van der Waals surface area contributed by atoms with Gasteiger partial charge in [0.2, 0.25) is 0 Å². The number of carboxylic acid groups (broad SMARTS) is 1. The van der Waals surface area contributed by atoms with Gasteiger partial charge in [0.15, 0.2) is 6.17 Å². The smallest absolute Gasteiger partial charge is 0.372 e. The summed E-state index contributed by atoms with van der Waals surface area (Å²) in [6.07, 6.45) is -11.0. The van der Waals surface area contributed by atoms with Gasteiger partial charge < -0.3 is 36.0 Å². The summed E-state index contributed by atoms with van der Waals surface area (Å²) in [4.78, 5) is 10.7. The monoisotopic (exact) mass is 287 g/mol. The second kappa shape index (κ2) is 5.61. The minimum absolute atomic E-state index is 0.949. The number of rotatable bonds is 4. The minimum atomic E-state index is -3.91. The van der Waals surface area contributed by atoms with Crippen molar-refractivity contribution in [3.63, 3.8) is 0 Å². The molecule has 1 heterocycles. The Morgan fingerprint density at radius 2 is 2.00 bits per heavy atom.